The number of nitrogens with zero attached hydrogens (tertiary/aromatic N) is 4. The highest BCUT2D eigenvalue weighted by Crippen LogP contribution is 2.27. The van der Waals surface area contributed by atoms with Crippen LogP contribution in [-0.4, -0.2) is 38.8 Å². The molecule has 3 aromatic heterocycles. The van der Waals surface area contributed by atoms with Gasteiger partial charge in [-0.3, -0.25) is 9.78 Å². The normalized spacial score (nSPS) is 16.4. The number of carbonyl (C=O) groups excluding carboxylic acids is 1. The monoisotopic (exact) mass is 388 g/mol. The summed E-state index contributed by atoms with van der Waals surface area (Å²) in [6, 6.07) is 11.4. The van der Waals surface area contributed by atoms with E-state index in [0.29, 0.717) is 17.9 Å². The highest BCUT2D eigenvalue weighted by Gasteiger charge is 2.26. The van der Waals surface area contributed by atoms with Gasteiger partial charge in [-0.15, -0.1) is 0 Å². The van der Waals surface area contributed by atoms with Gasteiger partial charge in [0.15, 0.2) is 0 Å². The van der Waals surface area contributed by atoms with Crippen molar-refractivity contribution in [3.63, 3.8) is 0 Å². The maximum atomic E-state index is 12.8. The Kier molecular flexibility index (Phi) is 5.37. The Balaban J connectivity index is 1.43. The van der Waals surface area contributed by atoms with Gasteiger partial charge in [0.1, 0.15) is 11.6 Å². The average molecular weight is 388 g/mol. The number of nitrogens with one attached hydrogen (secondary N) is 1. The summed E-state index contributed by atoms with van der Waals surface area (Å²) in [5.41, 5.74) is 9.16. The molecule has 0 spiro atoms. The molecule has 1 fully saturated rings. The molecule has 7 heteroatoms. The van der Waals surface area contributed by atoms with Crippen molar-refractivity contribution < 1.29 is 4.79 Å². The number of hydrogen-bond donors (Lipinski definition) is 2. The second-order valence-corrected chi connectivity index (χ2v) is 7.33. The zero-order valence-corrected chi connectivity index (χ0v) is 16.4. The number of piperidine rings is 1. The molecule has 0 aliphatic carbocycles. The van der Waals surface area contributed by atoms with Crippen LogP contribution in [0.5, 0.6) is 0 Å². The van der Waals surface area contributed by atoms with E-state index in [2.05, 4.69) is 20.3 Å². The Labute approximate surface area is 170 Å². The third-order valence-electron chi connectivity index (χ3n) is 5.22. The summed E-state index contributed by atoms with van der Waals surface area (Å²) >= 11 is 0. The lowest BCUT2D eigenvalue weighted by atomic mass is 9.94. The number of amides is 1. The molecule has 3 aromatic rings. The highest BCUT2D eigenvalue weighted by atomic mass is 16.2. The number of carbonyl (C=O) groups is 1. The van der Waals surface area contributed by atoms with Gasteiger partial charge in [0.05, 0.1) is 17.4 Å². The summed E-state index contributed by atoms with van der Waals surface area (Å²) in [4.78, 5) is 27.7. The molecule has 1 amide bonds. The average Bonchev–Trinajstić information content (AvgIpc) is 2.76. The van der Waals surface area contributed by atoms with Crippen LogP contribution in [0.25, 0.3) is 0 Å². The van der Waals surface area contributed by atoms with Crippen molar-refractivity contribution in [2.45, 2.75) is 25.7 Å². The van der Waals surface area contributed by atoms with Crippen molar-refractivity contribution in [3.8, 4) is 0 Å². The number of likely N-dealkylation sites (tertiary alicyclic amines) is 1. The van der Waals surface area contributed by atoms with Gasteiger partial charge >= 0.3 is 0 Å². The molecule has 0 radical (unpaired) electrons. The first-order chi connectivity index (χ1) is 14.1. The van der Waals surface area contributed by atoms with Crippen molar-refractivity contribution in [1.82, 2.24) is 19.9 Å². The SMILES string of the molecule is Cc1cccnc1Nc1ccc(C2CCCN(C(=O)c3ccc(N)nc3)C2)nc1. The third kappa shape index (κ3) is 4.34. The Morgan fingerprint density at radius 3 is 2.76 bits per heavy atom. The summed E-state index contributed by atoms with van der Waals surface area (Å²) in [7, 11) is 0. The molecule has 29 heavy (non-hydrogen) atoms. The minimum absolute atomic E-state index is 0.00823. The second-order valence-electron chi connectivity index (χ2n) is 7.33. The molecule has 0 aromatic carbocycles. The minimum atomic E-state index is -0.00823. The van der Waals surface area contributed by atoms with Gasteiger partial charge in [0, 0.05) is 37.1 Å². The quantitative estimate of drug-likeness (QED) is 0.710. The fraction of sp³-hybridized carbons (Fsp3) is 0.273. The van der Waals surface area contributed by atoms with E-state index < -0.39 is 0 Å². The van der Waals surface area contributed by atoms with Crippen LogP contribution < -0.4 is 11.1 Å². The first-order valence-electron chi connectivity index (χ1n) is 9.75. The molecule has 148 valence electrons. The lowest BCUT2D eigenvalue weighted by Crippen LogP contribution is -2.39. The van der Waals surface area contributed by atoms with Crippen LogP contribution in [0.1, 0.15) is 40.4 Å². The molecule has 3 N–H and O–H groups in total. The molecule has 1 saturated heterocycles. The lowest BCUT2D eigenvalue weighted by molar-refractivity contribution is 0.0705. The van der Waals surface area contributed by atoms with E-state index in [9.17, 15) is 4.79 Å². The maximum absolute atomic E-state index is 12.8. The van der Waals surface area contributed by atoms with E-state index in [4.69, 9.17) is 5.73 Å². The predicted octanol–water partition coefficient (Wildman–Crippen LogP) is 3.53. The molecule has 0 saturated carbocycles. The van der Waals surface area contributed by atoms with Gasteiger partial charge in [-0.1, -0.05) is 6.07 Å². The maximum Gasteiger partial charge on any atom is 0.255 e. The number of nitrogens with two attached hydrogens (primary N) is 1. The summed E-state index contributed by atoms with van der Waals surface area (Å²) < 4.78 is 0. The van der Waals surface area contributed by atoms with Crippen molar-refractivity contribution in [2.24, 2.45) is 0 Å². The number of aryl methyl sites for hydroxylation is 1. The number of nitrogen functional groups attached to an aromatic ring is 1. The van der Waals surface area contributed by atoms with Crippen molar-refractivity contribution in [3.05, 3.63) is 71.8 Å². The summed E-state index contributed by atoms with van der Waals surface area (Å²) in [6.07, 6.45) is 7.10. The highest BCUT2D eigenvalue weighted by molar-refractivity contribution is 5.94. The fourth-order valence-corrected chi connectivity index (χ4v) is 3.59. The van der Waals surface area contributed by atoms with Crippen LogP contribution in [-0.2, 0) is 0 Å². The lowest BCUT2D eigenvalue weighted by Gasteiger charge is -2.32. The molecule has 1 aliphatic heterocycles. The zero-order valence-electron chi connectivity index (χ0n) is 16.4. The molecule has 7 nitrogen and oxygen atoms in total. The Bertz CT molecular complexity index is 987. The topological polar surface area (TPSA) is 97.0 Å². The second kappa shape index (κ2) is 8.26. The molecule has 1 aliphatic rings. The fourth-order valence-electron chi connectivity index (χ4n) is 3.59. The first kappa shape index (κ1) is 18.9. The van der Waals surface area contributed by atoms with E-state index in [-0.39, 0.29) is 11.8 Å². The Morgan fingerprint density at radius 2 is 2.03 bits per heavy atom. The van der Waals surface area contributed by atoms with Crippen molar-refractivity contribution in [2.75, 3.05) is 24.1 Å². The van der Waals surface area contributed by atoms with Gasteiger partial charge in [0.2, 0.25) is 0 Å². The van der Waals surface area contributed by atoms with Crippen LogP contribution >= 0.6 is 0 Å². The minimum Gasteiger partial charge on any atom is -0.384 e. The van der Waals surface area contributed by atoms with E-state index in [1.54, 1.807) is 24.5 Å². The van der Waals surface area contributed by atoms with Crippen LogP contribution in [0.4, 0.5) is 17.3 Å². The number of anilines is 3. The Morgan fingerprint density at radius 1 is 1.14 bits per heavy atom. The number of rotatable bonds is 4. The van der Waals surface area contributed by atoms with E-state index in [0.717, 1.165) is 42.1 Å². The Hall–Kier alpha value is -3.48. The largest absolute Gasteiger partial charge is 0.384 e. The first-order valence-corrected chi connectivity index (χ1v) is 9.75. The van der Waals surface area contributed by atoms with Gasteiger partial charge in [-0.05, 0) is 55.7 Å². The number of pyridine rings is 3. The van der Waals surface area contributed by atoms with Crippen LogP contribution in [0.2, 0.25) is 0 Å². The predicted molar refractivity (Wildman–Crippen MR) is 113 cm³/mol. The van der Waals surface area contributed by atoms with Crippen LogP contribution in [0.15, 0.2) is 55.0 Å². The van der Waals surface area contributed by atoms with Gasteiger partial charge in [-0.25, -0.2) is 9.97 Å². The van der Waals surface area contributed by atoms with Gasteiger partial charge in [0.25, 0.3) is 5.91 Å². The summed E-state index contributed by atoms with van der Waals surface area (Å²) in [5.74, 6) is 1.46. The molecule has 0 bridgehead atoms. The zero-order chi connectivity index (χ0) is 20.2. The number of hydrogen-bond acceptors (Lipinski definition) is 6. The summed E-state index contributed by atoms with van der Waals surface area (Å²) in [5, 5.41) is 3.30. The van der Waals surface area contributed by atoms with E-state index in [1.807, 2.05) is 42.3 Å². The van der Waals surface area contributed by atoms with E-state index >= 15 is 0 Å². The van der Waals surface area contributed by atoms with Crippen LogP contribution in [0.3, 0.4) is 0 Å². The molecule has 4 rings (SSSR count). The molecule has 4 heterocycles. The molecule has 1 unspecified atom stereocenters. The van der Waals surface area contributed by atoms with Gasteiger partial charge in [-0.2, -0.15) is 0 Å². The summed E-state index contributed by atoms with van der Waals surface area (Å²) in [6.45, 7) is 3.42. The van der Waals surface area contributed by atoms with E-state index in [1.165, 1.54) is 0 Å². The van der Waals surface area contributed by atoms with Crippen molar-refractivity contribution in [1.29, 1.82) is 0 Å². The van der Waals surface area contributed by atoms with Crippen molar-refractivity contribution >= 4 is 23.2 Å². The molecule has 1 atom stereocenters. The molecular formula is C22H24N6O. The van der Waals surface area contributed by atoms with Crippen LogP contribution in [0, 0.1) is 6.92 Å². The number of aromatic nitrogens is 3. The standard InChI is InChI=1S/C22H24N6O/c1-15-4-2-10-24-21(15)27-18-7-8-19(25-13-18)17-5-3-11-28(14-17)22(29)16-6-9-20(23)26-12-16/h2,4,6-10,12-13,17H,3,5,11,14H2,1H3,(H2,23,26)(H,24,27). The smallest absolute Gasteiger partial charge is 0.255 e. The third-order valence-corrected chi connectivity index (χ3v) is 5.22. The van der Waals surface area contributed by atoms with Gasteiger partial charge < -0.3 is 16.0 Å². The molecular weight excluding hydrogens is 364 g/mol.